The fourth-order valence-corrected chi connectivity index (χ4v) is 2.13. The first-order chi connectivity index (χ1) is 9.79. The molecule has 20 heavy (non-hydrogen) atoms. The lowest BCUT2D eigenvalue weighted by molar-refractivity contribution is 0.215. The van der Waals surface area contributed by atoms with Crippen molar-refractivity contribution in [3.05, 3.63) is 60.3 Å². The first-order valence-corrected chi connectivity index (χ1v) is 6.16. The Morgan fingerprint density at radius 3 is 2.85 bits per heavy atom. The lowest BCUT2D eigenvalue weighted by atomic mass is 10.0. The Hall–Kier alpha value is -2.53. The van der Waals surface area contributed by atoms with Crippen molar-refractivity contribution in [2.45, 2.75) is 6.10 Å². The summed E-state index contributed by atoms with van der Waals surface area (Å²) in [6.07, 6.45) is 3.93. The van der Waals surface area contributed by atoms with Crippen molar-refractivity contribution >= 4 is 10.8 Å². The van der Waals surface area contributed by atoms with E-state index in [-0.39, 0.29) is 0 Å². The molecule has 1 unspecified atom stereocenters. The molecule has 1 atom stereocenters. The number of ether oxygens (including phenoxy) is 1. The summed E-state index contributed by atoms with van der Waals surface area (Å²) >= 11 is 0. The van der Waals surface area contributed by atoms with Crippen molar-refractivity contribution in [2.24, 2.45) is 0 Å². The third-order valence-corrected chi connectivity index (χ3v) is 3.15. The second-order valence-electron chi connectivity index (χ2n) is 4.34. The second kappa shape index (κ2) is 5.22. The number of aliphatic hydroxyl groups excluding tert-OH is 1. The molecule has 1 N–H and O–H groups in total. The zero-order valence-electron chi connectivity index (χ0n) is 10.9. The lowest BCUT2D eigenvalue weighted by Crippen LogP contribution is -2.04. The summed E-state index contributed by atoms with van der Waals surface area (Å²) in [5, 5.41) is 12.5. The van der Waals surface area contributed by atoms with Crippen LogP contribution in [0.4, 0.5) is 0 Å². The average molecular weight is 267 g/mol. The van der Waals surface area contributed by atoms with E-state index in [1.807, 2.05) is 24.3 Å². The SMILES string of the molecule is COc1cc(C(O)c2cncc3ccccc23)ncn1. The molecule has 0 aliphatic rings. The van der Waals surface area contributed by atoms with Gasteiger partial charge in [0.25, 0.3) is 0 Å². The van der Waals surface area contributed by atoms with Gasteiger partial charge in [0.2, 0.25) is 5.88 Å². The van der Waals surface area contributed by atoms with Gasteiger partial charge in [-0.25, -0.2) is 9.97 Å². The van der Waals surface area contributed by atoms with E-state index in [2.05, 4.69) is 15.0 Å². The van der Waals surface area contributed by atoms with Gasteiger partial charge in [0.1, 0.15) is 12.4 Å². The summed E-state index contributed by atoms with van der Waals surface area (Å²) in [5.74, 6) is 0.419. The van der Waals surface area contributed by atoms with Crippen LogP contribution in [-0.4, -0.2) is 27.2 Å². The van der Waals surface area contributed by atoms with E-state index in [1.54, 1.807) is 18.5 Å². The first-order valence-electron chi connectivity index (χ1n) is 6.16. The van der Waals surface area contributed by atoms with Gasteiger partial charge < -0.3 is 9.84 Å². The van der Waals surface area contributed by atoms with E-state index >= 15 is 0 Å². The number of pyridine rings is 1. The van der Waals surface area contributed by atoms with Crippen LogP contribution in [0.2, 0.25) is 0 Å². The van der Waals surface area contributed by atoms with Gasteiger partial charge in [0.15, 0.2) is 0 Å². The maximum atomic E-state index is 10.5. The van der Waals surface area contributed by atoms with Gasteiger partial charge in [-0.1, -0.05) is 24.3 Å². The molecule has 0 fully saturated rings. The lowest BCUT2D eigenvalue weighted by Gasteiger charge is -2.13. The quantitative estimate of drug-likeness (QED) is 0.787. The number of aliphatic hydroxyl groups is 1. The van der Waals surface area contributed by atoms with Crippen molar-refractivity contribution in [1.82, 2.24) is 15.0 Å². The van der Waals surface area contributed by atoms with Crippen molar-refractivity contribution in [2.75, 3.05) is 7.11 Å². The largest absolute Gasteiger partial charge is 0.481 e. The number of hydrogen-bond acceptors (Lipinski definition) is 5. The number of methoxy groups -OCH3 is 1. The van der Waals surface area contributed by atoms with Gasteiger partial charge in [0, 0.05) is 29.4 Å². The molecule has 3 rings (SSSR count). The summed E-state index contributed by atoms with van der Waals surface area (Å²) in [6, 6.07) is 9.40. The Morgan fingerprint density at radius 2 is 2.00 bits per heavy atom. The predicted molar refractivity (Wildman–Crippen MR) is 74.4 cm³/mol. The standard InChI is InChI=1S/C15H13N3O2/c1-20-14-6-13(17-9-18-14)15(19)12-8-16-7-10-4-2-3-5-11(10)12/h2-9,15,19H,1H3. The van der Waals surface area contributed by atoms with Crippen LogP contribution < -0.4 is 4.74 Å². The first kappa shape index (κ1) is 12.5. The zero-order chi connectivity index (χ0) is 13.9. The molecular weight excluding hydrogens is 254 g/mol. The molecule has 100 valence electrons. The van der Waals surface area contributed by atoms with Crippen LogP contribution in [0, 0.1) is 0 Å². The van der Waals surface area contributed by atoms with Crippen LogP contribution in [0.25, 0.3) is 10.8 Å². The highest BCUT2D eigenvalue weighted by molar-refractivity contribution is 5.85. The van der Waals surface area contributed by atoms with Gasteiger partial charge in [0.05, 0.1) is 12.8 Å². The minimum Gasteiger partial charge on any atom is -0.481 e. The molecule has 0 bridgehead atoms. The van der Waals surface area contributed by atoms with E-state index in [0.29, 0.717) is 17.1 Å². The minimum absolute atomic E-state index is 0.419. The number of aromatic nitrogens is 3. The van der Waals surface area contributed by atoms with Crippen LogP contribution in [0.5, 0.6) is 5.88 Å². The van der Waals surface area contributed by atoms with Gasteiger partial charge in [-0.15, -0.1) is 0 Å². The maximum Gasteiger partial charge on any atom is 0.216 e. The fourth-order valence-electron chi connectivity index (χ4n) is 2.13. The topological polar surface area (TPSA) is 68.1 Å². The van der Waals surface area contributed by atoms with Gasteiger partial charge in [-0.2, -0.15) is 0 Å². The summed E-state index contributed by atoms with van der Waals surface area (Å²) in [4.78, 5) is 12.2. The number of hydrogen-bond donors (Lipinski definition) is 1. The van der Waals surface area contributed by atoms with Crippen LogP contribution in [0.1, 0.15) is 17.4 Å². The highest BCUT2D eigenvalue weighted by Gasteiger charge is 2.16. The third-order valence-electron chi connectivity index (χ3n) is 3.15. The molecular formula is C15H13N3O2. The Morgan fingerprint density at radius 1 is 1.15 bits per heavy atom. The van der Waals surface area contributed by atoms with Gasteiger partial charge >= 0.3 is 0 Å². The van der Waals surface area contributed by atoms with Crippen LogP contribution >= 0.6 is 0 Å². The molecule has 1 aromatic carbocycles. The van der Waals surface area contributed by atoms with Crippen LogP contribution in [0.15, 0.2) is 49.1 Å². The van der Waals surface area contributed by atoms with Gasteiger partial charge in [-0.3, -0.25) is 4.98 Å². The smallest absolute Gasteiger partial charge is 0.216 e. The van der Waals surface area contributed by atoms with Crippen molar-refractivity contribution < 1.29 is 9.84 Å². The molecule has 5 heteroatoms. The maximum absolute atomic E-state index is 10.5. The molecule has 0 aliphatic heterocycles. The van der Waals surface area contributed by atoms with Crippen molar-refractivity contribution in [1.29, 1.82) is 0 Å². The van der Waals surface area contributed by atoms with E-state index in [4.69, 9.17) is 4.74 Å². The highest BCUT2D eigenvalue weighted by atomic mass is 16.5. The normalized spacial score (nSPS) is 12.3. The van der Waals surface area contributed by atoms with E-state index in [0.717, 1.165) is 10.8 Å². The minimum atomic E-state index is -0.870. The Labute approximate surface area is 115 Å². The summed E-state index contributed by atoms with van der Waals surface area (Å²) < 4.78 is 5.05. The number of benzene rings is 1. The summed E-state index contributed by atoms with van der Waals surface area (Å²) in [6.45, 7) is 0. The molecule has 0 saturated heterocycles. The molecule has 5 nitrogen and oxygen atoms in total. The number of nitrogens with zero attached hydrogens (tertiary/aromatic N) is 3. The number of fused-ring (bicyclic) bond motifs is 1. The highest BCUT2D eigenvalue weighted by Crippen LogP contribution is 2.27. The third kappa shape index (κ3) is 2.19. The van der Waals surface area contributed by atoms with Gasteiger partial charge in [-0.05, 0) is 5.39 Å². The van der Waals surface area contributed by atoms with Crippen molar-refractivity contribution in [3.63, 3.8) is 0 Å². The molecule has 0 radical (unpaired) electrons. The summed E-state index contributed by atoms with van der Waals surface area (Å²) in [5.41, 5.74) is 1.19. The molecule has 3 aromatic rings. The fraction of sp³-hybridized carbons (Fsp3) is 0.133. The molecule has 2 heterocycles. The monoisotopic (exact) mass is 267 g/mol. The van der Waals surface area contributed by atoms with E-state index in [1.165, 1.54) is 13.4 Å². The molecule has 0 amide bonds. The Balaban J connectivity index is 2.10. The average Bonchev–Trinajstić information content (AvgIpc) is 2.53. The molecule has 0 spiro atoms. The van der Waals surface area contributed by atoms with Crippen molar-refractivity contribution in [3.8, 4) is 5.88 Å². The molecule has 0 saturated carbocycles. The van der Waals surface area contributed by atoms with E-state index < -0.39 is 6.10 Å². The Bertz CT molecular complexity index is 741. The molecule has 2 aromatic heterocycles. The van der Waals surface area contributed by atoms with Crippen LogP contribution in [0.3, 0.4) is 0 Å². The summed E-state index contributed by atoms with van der Waals surface area (Å²) in [7, 11) is 1.53. The number of rotatable bonds is 3. The van der Waals surface area contributed by atoms with E-state index in [9.17, 15) is 5.11 Å². The second-order valence-corrected chi connectivity index (χ2v) is 4.34. The zero-order valence-corrected chi connectivity index (χ0v) is 10.9. The Kier molecular flexibility index (Phi) is 3.26. The predicted octanol–water partition coefficient (Wildman–Crippen LogP) is 2.12. The molecule has 0 aliphatic carbocycles. The van der Waals surface area contributed by atoms with Crippen LogP contribution in [-0.2, 0) is 0 Å².